The molecular weight excluding hydrogens is 288 g/mol. The second kappa shape index (κ2) is 4.40. The lowest BCUT2D eigenvalue weighted by molar-refractivity contribution is 0.607. The predicted molar refractivity (Wildman–Crippen MR) is 73.1 cm³/mol. The van der Waals surface area contributed by atoms with Crippen LogP contribution in [-0.2, 0) is 7.05 Å². The summed E-state index contributed by atoms with van der Waals surface area (Å²) >= 11 is 9.68. The Kier molecular flexibility index (Phi) is 3.29. The van der Waals surface area contributed by atoms with Crippen LogP contribution in [0.1, 0.15) is 18.7 Å². The summed E-state index contributed by atoms with van der Waals surface area (Å²) in [5.41, 5.74) is 2.42. The quantitative estimate of drug-likeness (QED) is 0.891. The Hall–Kier alpha value is -0.510. The Balaban J connectivity index is 2.76. The van der Waals surface area contributed by atoms with Crippen molar-refractivity contribution in [3.63, 3.8) is 0 Å². The van der Waals surface area contributed by atoms with Crippen LogP contribution < -0.4 is 5.32 Å². The second-order valence-corrected chi connectivity index (χ2v) is 5.16. The molecule has 0 aliphatic carbocycles. The molecule has 2 nitrogen and oxygen atoms in total. The van der Waals surface area contributed by atoms with Gasteiger partial charge in [0.2, 0.25) is 0 Å². The summed E-state index contributed by atoms with van der Waals surface area (Å²) in [5.74, 6) is 0. The molecule has 1 aromatic carbocycles. The Morgan fingerprint density at radius 2 is 2.12 bits per heavy atom. The number of halogens is 2. The zero-order chi connectivity index (χ0) is 11.9. The average molecular weight is 302 g/mol. The van der Waals surface area contributed by atoms with Crippen LogP contribution in [0.3, 0.4) is 0 Å². The molecule has 1 atom stereocenters. The van der Waals surface area contributed by atoms with Crippen LogP contribution in [0.4, 0.5) is 0 Å². The van der Waals surface area contributed by atoms with E-state index < -0.39 is 0 Å². The number of benzene rings is 1. The lowest BCUT2D eigenvalue weighted by atomic mass is 10.2. The largest absolute Gasteiger partial charge is 0.345 e. The van der Waals surface area contributed by atoms with E-state index in [2.05, 4.69) is 39.8 Å². The van der Waals surface area contributed by atoms with Crippen molar-refractivity contribution in [2.24, 2.45) is 7.05 Å². The van der Waals surface area contributed by atoms with Gasteiger partial charge in [0, 0.05) is 39.2 Å². The first-order valence-corrected chi connectivity index (χ1v) is 6.34. The van der Waals surface area contributed by atoms with E-state index in [1.54, 1.807) is 0 Å². The maximum absolute atomic E-state index is 6.02. The molecule has 1 N–H and O–H groups in total. The first-order chi connectivity index (χ1) is 7.56. The lowest BCUT2D eigenvalue weighted by Crippen LogP contribution is -2.15. The van der Waals surface area contributed by atoms with Gasteiger partial charge in [0.05, 0.1) is 0 Å². The summed E-state index contributed by atoms with van der Waals surface area (Å²) in [6.07, 6.45) is 0. The van der Waals surface area contributed by atoms with Crippen LogP contribution >= 0.6 is 27.5 Å². The summed E-state index contributed by atoms with van der Waals surface area (Å²) in [6.45, 7) is 2.14. The monoisotopic (exact) mass is 300 g/mol. The Morgan fingerprint density at radius 3 is 2.75 bits per heavy atom. The Labute approximate surface area is 109 Å². The lowest BCUT2D eigenvalue weighted by Gasteiger charge is -2.12. The maximum atomic E-state index is 6.02. The molecule has 1 aromatic heterocycles. The van der Waals surface area contributed by atoms with Gasteiger partial charge >= 0.3 is 0 Å². The van der Waals surface area contributed by atoms with E-state index >= 15 is 0 Å². The number of rotatable bonds is 2. The summed E-state index contributed by atoms with van der Waals surface area (Å²) < 4.78 is 3.31. The van der Waals surface area contributed by atoms with Gasteiger partial charge in [0.25, 0.3) is 0 Å². The molecule has 0 radical (unpaired) electrons. The van der Waals surface area contributed by atoms with E-state index in [1.807, 2.05) is 25.2 Å². The molecular formula is C12H14BrClN2. The molecule has 0 saturated carbocycles. The van der Waals surface area contributed by atoms with Crippen LogP contribution in [0.5, 0.6) is 0 Å². The molecule has 2 aromatic rings. The molecule has 4 heteroatoms. The van der Waals surface area contributed by atoms with Crippen molar-refractivity contribution in [1.29, 1.82) is 0 Å². The molecule has 0 fully saturated rings. The minimum Gasteiger partial charge on any atom is -0.345 e. The van der Waals surface area contributed by atoms with Gasteiger partial charge in [-0.2, -0.15) is 0 Å². The standard InChI is InChI=1S/C12H14BrClN2/c1-7(15-2)12-11(13)9-6-8(14)4-5-10(9)16(12)3/h4-7,15H,1-3H3. The summed E-state index contributed by atoms with van der Waals surface area (Å²) in [4.78, 5) is 0. The zero-order valence-electron chi connectivity index (χ0n) is 9.51. The van der Waals surface area contributed by atoms with Gasteiger partial charge in [-0.1, -0.05) is 11.6 Å². The van der Waals surface area contributed by atoms with E-state index in [-0.39, 0.29) is 0 Å². The molecule has 0 aliphatic rings. The van der Waals surface area contributed by atoms with Crippen molar-refractivity contribution in [3.8, 4) is 0 Å². The molecule has 1 unspecified atom stereocenters. The number of fused-ring (bicyclic) bond motifs is 1. The second-order valence-electron chi connectivity index (χ2n) is 3.93. The third-order valence-electron chi connectivity index (χ3n) is 2.99. The van der Waals surface area contributed by atoms with Crippen molar-refractivity contribution < 1.29 is 0 Å². The van der Waals surface area contributed by atoms with E-state index in [1.165, 1.54) is 11.2 Å². The highest BCUT2D eigenvalue weighted by Gasteiger charge is 2.17. The Bertz CT molecular complexity index is 533. The van der Waals surface area contributed by atoms with E-state index in [4.69, 9.17) is 11.6 Å². The van der Waals surface area contributed by atoms with E-state index in [9.17, 15) is 0 Å². The summed E-state index contributed by atoms with van der Waals surface area (Å²) in [7, 11) is 4.03. The predicted octanol–water partition coefficient (Wildman–Crippen LogP) is 3.87. The fraction of sp³-hybridized carbons (Fsp3) is 0.333. The molecule has 0 saturated heterocycles. The van der Waals surface area contributed by atoms with Crippen molar-refractivity contribution >= 4 is 38.4 Å². The van der Waals surface area contributed by atoms with Gasteiger partial charge in [0.15, 0.2) is 0 Å². The van der Waals surface area contributed by atoms with Crippen molar-refractivity contribution in [2.45, 2.75) is 13.0 Å². The van der Waals surface area contributed by atoms with Crippen LogP contribution in [0.2, 0.25) is 5.02 Å². The minimum atomic E-state index is 0.297. The molecule has 86 valence electrons. The highest BCUT2D eigenvalue weighted by molar-refractivity contribution is 9.10. The van der Waals surface area contributed by atoms with Gasteiger partial charge in [-0.15, -0.1) is 0 Å². The number of aromatic nitrogens is 1. The van der Waals surface area contributed by atoms with E-state index in [0.29, 0.717) is 6.04 Å². The summed E-state index contributed by atoms with van der Waals surface area (Å²) in [5, 5.41) is 5.18. The molecule has 0 amide bonds. The van der Waals surface area contributed by atoms with Crippen LogP contribution in [-0.4, -0.2) is 11.6 Å². The topological polar surface area (TPSA) is 17.0 Å². The Morgan fingerprint density at radius 1 is 1.44 bits per heavy atom. The minimum absolute atomic E-state index is 0.297. The van der Waals surface area contributed by atoms with Gasteiger partial charge in [-0.3, -0.25) is 0 Å². The highest BCUT2D eigenvalue weighted by Crippen LogP contribution is 2.35. The van der Waals surface area contributed by atoms with Gasteiger partial charge < -0.3 is 9.88 Å². The molecule has 0 bridgehead atoms. The number of hydrogen-bond donors (Lipinski definition) is 1. The number of hydrogen-bond acceptors (Lipinski definition) is 1. The highest BCUT2D eigenvalue weighted by atomic mass is 79.9. The van der Waals surface area contributed by atoms with Crippen LogP contribution in [0.15, 0.2) is 22.7 Å². The average Bonchev–Trinajstić information content (AvgIpc) is 2.51. The van der Waals surface area contributed by atoms with Gasteiger partial charge in [-0.25, -0.2) is 0 Å². The molecule has 1 heterocycles. The van der Waals surface area contributed by atoms with Crippen molar-refractivity contribution in [2.75, 3.05) is 7.05 Å². The number of aryl methyl sites for hydroxylation is 1. The van der Waals surface area contributed by atoms with Crippen LogP contribution in [0, 0.1) is 0 Å². The molecule has 2 rings (SSSR count). The fourth-order valence-corrected chi connectivity index (χ4v) is 3.11. The first-order valence-electron chi connectivity index (χ1n) is 5.17. The molecule has 0 spiro atoms. The summed E-state index contributed by atoms with van der Waals surface area (Å²) in [6, 6.07) is 6.26. The SMILES string of the molecule is CNC(C)c1c(Br)c2cc(Cl)ccc2n1C. The molecule has 16 heavy (non-hydrogen) atoms. The number of nitrogens with zero attached hydrogens (tertiary/aromatic N) is 1. The fourth-order valence-electron chi connectivity index (χ4n) is 2.01. The van der Waals surface area contributed by atoms with Gasteiger partial charge in [0.1, 0.15) is 0 Å². The smallest absolute Gasteiger partial charge is 0.0496 e. The van der Waals surface area contributed by atoms with E-state index in [0.717, 1.165) is 14.9 Å². The van der Waals surface area contributed by atoms with Crippen LogP contribution in [0.25, 0.3) is 10.9 Å². The number of nitrogens with one attached hydrogen (secondary N) is 1. The third kappa shape index (κ3) is 1.77. The van der Waals surface area contributed by atoms with Gasteiger partial charge in [-0.05, 0) is 48.1 Å². The first kappa shape index (κ1) is 12.0. The third-order valence-corrected chi connectivity index (χ3v) is 4.05. The van der Waals surface area contributed by atoms with Crippen molar-refractivity contribution in [3.05, 3.63) is 33.4 Å². The molecule has 0 aliphatic heterocycles. The zero-order valence-corrected chi connectivity index (χ0v) is 11.9. The normalized spacial score (nSPS) is 13.3. The maximum Gasteiger partial charge on any atom is 0.0496 e. The van der Waals surface area contributed by atoms with Crippen molar-refractivity contribution in [1.82, 2.24) is 9.88 Å².